The number of aliphatic carboxylic acids is 1. The molecule has 3 amide bonds. The molecule has 0 aliphatic heterocycles. The average Bonchev–Trinajstić information content (AvgIpc) is 2.77. The quantitative estimate of drug-likeness (QED) is 0.656. The number of carbonyl (C=O) groups excluding carboxylic acids is 2. The lowest BCUT2D eigenvalue weighted by Gasteiger charge is -2.20. The molecule has 108 valence electrons. The lowest BCUT2D eigenvalue weighted by atomic mass is 10.1. The van der Waals surface area contributed by atoms with Gasteiger partial charge in [0.1, 0.15) is 6.54 Å². The summed E-state index contributed by atoms with van der Waals surface area (Å²) in [4.78, 5) is 35.2. The molecule has 0 spiro atoms. The van der Waals surface area contributed by atoms with Gasteiger partial charge in [-0.2, -0.15) is 0 Å². The summed E-state index contributed by atoms with van der Waals surface area (Å²) in [6.07, 6.45) is 1.70. The molecule has 7 nitrogen and oxygen atoms in total. The molecule has 0 unspecified atom stereocenters. The van der Waals surface area contributed by atoms with Gasteiger partial charge in [0.2, 0.25) is 5.91 Å². The number of urea groups is 1. The van der Waals surface area contributed by atoms with E-state index in [9.17, 15) is 14.4 Å². The van der Waals surface area contributed by atoms with Crippen LogP contribution in [0.15, 0.2) is 0 Å². The molecule has 1 rings (SSSR count). The van der Waals surface area contributed by atoms with E-state index in [4.69, 9.17) is 5.11 Å². The van der Waals surface area contributed by atoms with Crippen molar-refractivity contribution < 1.29 is 19.5 Å². The largest absolute Gasteiger partial charge is 0.481 e. The standard InChI is InChI=1S/C12H21N3O4/c1-3-13-10(16)7-15(2)12(19)14-9-5-4-8(6-9)11(17)18/h8-9H,3-7H2,1-2H3,(H,13,16)(H,14,19)(H,17,18)/t8-,9+/m1/s1. The highest BCUT2D eigenvalue weighted by Crippen LogP contribution is 2.25. The van der Waals surface area contributed by atoms with Gasteiger partial charge in [0, 0.05) is 19.6 Å². The van der Waals surface area contributed by atoms with Crippen molar-refractivity contribution in [3.05, 3.63) is 0 Å². The normalized spacial score (nSPS) is 21.8. The summed E-state index contributed by atoms with van der Waals surface area (Å²) < 4.78 is 0. The first-order valence-corrected chi connectivity index (χ1v) is 6.45. The van der Waals surface area contributed by atoms with E-state index < -0.39 is 5.97 Å². The Labute approximate surface area is 112 Å². The minimum atomic E-state index is -0.813. The molecule has 0 bridgehead atoms. The molecule has 0 aromatic heterocycles. The Kier molecular flexibility index (Phi) is 5.59. The second-order valence-corrected chi connectivity index (χ2v) is 4.80. The molecule has 7 heteroatoms. The van der Waals surface area contributed by atoms with Gasteiger partial charge in [-0.15, -0.1) is 0 Å². The van der Waals surface area contributed by atoms with Crippen LogP contribution in [-0.2, 0) is 9.59 Å². The molecule has 0 aromatic carbocycles. The zero-order valence-electron chi connectivity index (χ0n) is 11.3. The number of nitrogens with zero attached hydrogens (tertiary/aromatic N) is 1. The molecule has 0 saturated heterocycles. The van der Waals surface area contributed by atoms with E-state index in [-0.39, 0.29) is 30.4 Å². The van der Waals surface area contributed by atoms with Crippen LogP contribution in [0.1, 0.15) is 26.2 Å². The van der Waals surface area contributed by atoms with Crippen molar-refractivity contribution in [3.8, 4) is 0 Å². The fourth-order valence-electron chi connectivity index (χ4n) is 2.16. The highest BCUT2D eigenvalue weighted by molar-refractivity contribution is 5.84. The summed E-state index contributed by atoms with van der Waals surface area (Å²) in [7, 11) is 1.54. The van der Waals surface area contributed by atoms with Crippen LogP contribution in [0.3, 0.4) is 0 Å². The second-order valence-electron chi connectivity index (χ2n) is 4.80. The number of nitrogens with one attached hydrogen (secondary N) is 2. The number of likely N-dealkylation sites (N-methyl/N-ethyl adjacent to an activating group) is 2. The number of hydrogen-bond donors (Lipinski definition) is 3. The highest BCUT2D eigenvalue weighted by atomic mass is 16.4. The molecule has 19 heavy (non-hydrogen) atoms. The average molecular weight is 271 g/mol. The first-order valence-electron chi connectivity index (χ1n) is 6.45. The third-order valence-electron chi connectivity index (χ3n) is 3.21. The molecule has 0 heterocycles. The number of rotatable bonds is 5. The van der Waals surface area contributed by atoms with Crippen molar-refractivity contribution >= 4 is 17.9 Å². The third-order valence-corrected chi connectivity index (χ3v) is 3.21. The van der Waals surface area contributed by atoms with Crippen molar-refractivity contribution in [1.29, 1.82) is 0 Å². The Bertz CT molecular complexity index is 359. The maximum absolute atomic E-state index is 11.8. The fraction of sp³-hybridized carbons (Fsp3) is 0.750. The molecule has 3 N–H and O–H groups in total. The number of carboxylic acid groups (broad SMARTS) is 1. The van der Waals surface area contributed by atoms with Crippen molar-refractivity contribution in [2.45, 2.75) is 32.2 Å². The molecule has 1 aliphatic carbocycles. The molecule has 0 aromatic rings. The summed E-state index contributed by atoms with van der Waals surface area (Å²) in [5.41, 5.74) is 0. The van der Waals surface area contributed by atoms with Crippen LogP contribution < -0.4 is 10.6 Å². The van der Waals surface area contributed by atoms with Gasteiger partial charge < -0.3 is 20.6 Å². The van der Waals surface area contributed by atoms with Gasteiger partial charge in [0.05, 0.1) is 5.92 Å². The summed E-state index contributed by atoms with van der Waals surface area (Å²) in [6, 6.07) is -0.465. The van der Waals surface area contributed by atoms with Gasteiger partial charge in [0.15, 0.2) is 0 Å². The van der Waals surface area contributed by atoms with E-state index >= 15 is 0 Å². The molecule has 1 saturated carbocycles. The lowest BCUT2D eigenvalue weighted by molar-refractivity contribution is -0.141. The Morgan fingerprint density at radius 1 is 1.32 bits per heavy atom. The number of amides is 3. The van der Waals surface area contributed by atoms with Crippen LogP contribution in [0.2, 0.25) is 0 Å². The molecule has 2 atom stereocenters. The van der Waals surface area contributed by atoms with Crippen molar-refractivity contribution in [2.75, 3.05) is 20.1 Å². The maximum atomic E-state index is 11.8. The van der Waals surface area contributed by atoms with Gasteiger partial charge in [-0.1, -0.05) is 0 Å². The minimum absolute atomic E-state index is 0.00521. The van der Waals surface area contributed by atoms with Gasteiger partial charge in [-0.3, -0.25) is 9.59 Å². The van der Waals surface area contributed by atoms with Crippen LogP contribution >= 0.6 is 0 Å². The highest BCUT2D eigenvalue weighted by Gasteiger charge is 2.31. The summed E-state index contributed by atoms with van der Waals surface area (Å²) in [5.74, 6) is -1.40. The fourth-order valence-corrected chi connectivity index (χ4v) is 2.16. The van der Waals surface area contributed by atoms with Crippen molar-refractivity contribution in [3.63, 3.8) is 0 Å². The van der Waals surface area contributed by atoms with Gasteiger partial charge in [0.25, 0.3) is 0 Å². The zero-order chi connectivity index (χ0) is 14.4. The third kappa shape index (κ3) is 4.76. The van der Waals surface area contributed by atoms with Gasteiger partial charge in [-0.05, 0) is 26.2 Å². The number of carbonyl (C=O) groups is 3. The SMILES string of the molecule is CCNC(=O)CN(C)C(=O)N[C@H]1CC[C@@H](C(=O)O)C1. The Morgan fingerprint density at radius 3 is 2.53 bits per heavy atom. The molecular weight excluding hydrogens is 250 g/mol. The van der Waals surface area contributed by atoms with Crippen molar-refractivity contribution in [2.24, 2.45) is 5.92 Å². The maximum Gasteiger partial charge on any atom is 0.317 e. The molecular formula is C12H21N3O4. The van der Waals surface area contributed by atoms with E-state index in [0.29, 0.717) is 25.8 Å². The smallest absolute Gasteiger partial charge is 0.317 e. The summed E-state index contributed by atoms with van der Waals surface area (Å²) in [5, 5.41) is 14.2. The topological polar surface area (TPSA) is 98.7 Å². The van der Waals surface area contributed by atoms with Crippen LogP contribution in [-0.4, -0.2) is 54.1 Å². The van der Waals surface area contributed by atoms with Gasteiger partial charge >= 0.3 is 12.0 Å². The Morgan fingerprint density at radius 2 is 2.00 bits per heavy atom. The lowest BCUT2D eigenvalue weighted by Crippen LogP contribution is -2.46. The minimum Gasteiger partial charge on any atom is -0.481 e. The first kappa shape index (κ1) is 15.3. The Balaban J connectivity index is 2.35. The molecule has 1 aliphatic rings. The number of hydrogen-bond acceptors (Lipinski definition) is 3. The van der Waals surface area contributed by atoms with E-state index in [1.54, 1.807) is 0 Å². The summed E-state index contributed by atoms with van der Waals surface area (Å²) in [6.45, 7) is 2.33. The molecule has 0 radical (unpaired) electrons. The zero-order valence-corrected chi connectivity index (χ0v) is 11.3. The van der Waals surface area contributed by atoms with Gasteiger partial charge in [-0.25, -0.2) is 4.79 Å². The first-order chi connectivity index (χ1) is 8.93. The van der Waals surface area contributed by atoms with E-state index in [1.807, 2.05) is 6.92 Å². The molecule has 1 fully saturated rings. The number of carboxylic acids is 1. The van der Waals surface area contributed by atoms with Crippen molar-refractivity contribution in [1.82, 2.24) is 15.5 Å². The van der Waals surface area contributed by atoms with Crippen LogP contribution in [0.4, 0.5) is 4.79 Å². The monoisotopic (exact) mass is 271 g/mol. The predicted octanol–water partition coefficient (Wildman–Crippen LogP) is 0.0172. The summed E-state index contributed by atoms with van der Waals surface area (Å²) >= 11 is 0. The predicted molar refractivity (Wildman–Crippen MR) is 68.6 cm³/mol. The van der Waals surface area contributed by atoms with Crippen LogP contribution in [0.5, 0.6) is 0 Å². The second kappa shape index (κ2) is 6.96. The van der Waals surface area contributed by atoms with E-state index in [1.165, 1.54) is 11.9 Å². The van der Waals surface area contributed by atoms with Crippen LogP contribution in [0.25, 0.3) is 0 Å². The Hall–Kier alpha value is -1.79. The van der Waals surface area contributed by atoms with E-state index in [0.717, 1.165) is 0 Å². The van der Waals surface area contributed by atoms with E-state index in [2.05, 4.69) is 10.6 Å². The van der Waals surface area contributed by atoms with Crippen LogP contribution in [0, 0.1) is 5.92 Å².